The molecule has 1 aliphatic rings. The van der Waals surface area contributed by atoms with Crippen molar-refractivity contribution >= 4 is 22.7 Å². The summed E-state index contributed by atoms with van der Waals surface area (Å²) >= 11 is 0. The Morgan fingerprint density at radius 1 is 0.947 bits per heavy atom. The average molecular weight is 508 g/mol. The van der Waals surface area contributed by atoms with Gasteiger partial charge in [-0.25, -0.2) is 0 Å². The number of rotatable bonds is 11. The van der Waals surface area contributed by atoms with Crippen LogP contribution >= 0.6 is 0 Å². The van der Waals surface area contributed by atoms with Crippen LogP contribution in [0, 0.1) is 6.92 Å². The molecule has 5 rings (SSSR count). The number of aromatic amines is 1. The Balaban J connectivity index is 1.35. The number of hydrogen-bond donors (Lipinski definition) is 1. The summed E-state index contributed by atoms with van der Waals surface area (Å²) in [5.74, 6) is -0.142. The van der Waals surface area contributed by atoms with Crippen LogP contribution in [0.3, 0.4) is 0 Å². The van der Waals surface area contributed by atoms with Crippen LogP contribution in [-0.2, 0) is 22.6 Å². The Labute approximate surface area is 225 Å². The molecular weight excluding hydrogens is 470 g/mol. The van der Waals surface area contributed by atoms with Crippen molar-refractivity contribution in [1.29, 1.82) is 0 Å². The molecule has 2 amide bonds. The zero-order chi connectivity index (χ0) is 26.5. The summed E-state index contributed by atoms with van der Waals surface area (Å²) in [5, 5.41) is 1.19. The summed E-state index contributed by atoms with van der Waals surface area (Å²) in [6.07, 6.45) is 5.45. The number of nitrogens with zero attached hydrogens (tertiary/aromatic N) is 2. The molecule has 38 heavy (non-hydrogen) atoms. The standard InChI is InChI=1S/C33H37N3O2/c1-3-29(26-9-5-4-6-10-26)33(38)36(28-17-18-28)23-32(37)35(22-25-15-13-24(2)14-16-25)20-19-27-21-34-31-12-8-7-11-30(27)31/h4-16,21,28-29,34H,3,17-20,22-23H2,1-2H3. The fourth-order valence-electron chi connectivity index (χ4n) is 5.26. The van der Waals surface area contributed by atoms with Gasteiger partial charge >= 0.3 is 0 Å². The lowest BCUT2D eigenvalue weighted by Crippen LogP contribution is -2.45. The van der Waals surface area contributed by atoms with Crippen molar-refractivity contribution in [3.05, 3.63) is 107 Å². The number of H-pyrrole nitrogens is 1. The number of carbonyl (C=O) groups is 2. The van der Waals surface area contributed by atoms with Crippen LogP contribution in [0.2, 0.25) is 0 Å². The number of para-hydroxylation sites is 1. The molecule has 1 aliphatic carbocycles. The predicted molar refractivity (Wildman–Crippen MR) is 153 cm³/mol. The molecule has 1 heterocycles. The zero-order valence-corrected chi connectivity index (χ0v) is 22.4. The topological polar surface area (TPSA) is 56.4 Å². The maximum atomic E-state index is 13.9. The van der Waals surface area contributed by atoms with Gasteiger partial charge in [0, 0.05) is 36.2 Å². The summed E-state index contributed by atoms with van der Waals surface area (Å²) in [7, 11) is 0. The Hall–Kier alpha value is -3.86. The van der Waals surface area contributed by atoms with Crippen LogP contribution in [0.15, 0.2) is 85.1 Å². The Bertz CT molecular complexity index is 1370. The first kappa shape index (κ1) is 25.8. The fourth-order valence-corrected chi connectivity index (χ4v) is 5.26. The van der Waals surface area contributed by atoms with Gasteiger partial charge in [0.1, 0.15) is 6.54 Å². The lowest BCUT2D eigenvalue weighted by molar-refractivity contribution is -0.142. The lowest BCUT2D eigenvalue weighted by Gasteiger charge is -2.30. The van der Waals surface area contributed by atoms with Crippen LogP contribution in [0.25, 0.3) is 10.9 Å². The SMILES string of the molecule is CCC(C(=O)N(CC(=O)N(CCc1c[nH]c2ccccc12)Cc1ccc(C)cc1)C1CC1)c1ccccc1. The third-order valence-electron chi connectivity index (χ3n) is 7.66. The third-order valence-corrected chi connectivity index (χ3v) is 7.66. The van der Waals surface area contributed by atoms with Crippen molar-refractivity contribution in [3.63, 3.8) is 0 Å². The highest BCUT2D eigenvalue weighted by Gasteiger charge is 2.37. The second-order valence-electron chi connectivity index (χ2n) is 10.5. The van der Waals surface area contributed by atoms with Gasteiger partial charge in [-0.15, -0.1) is 0 Å². The van der Waals surface area contributed by atoms with E-state index in [4.69, 9.17) is 0 Å². The maximum Gasteiger partial charge on any atom is 0.242 e. The largest absolute Gasteiger partial charge is 0.361 e. The summed E-state index contributed by atoms with van der Waals surface area (Å²) in [6.45, 7) is 5.38. The first-order chi connectivity index (χ1) is 18.5. The molecule has 1 unspecified atom stereocenters. The van der Waals surface area contributed by atoms with E-state index in [2.05, 4.69) is 48.3 Å². The smallest absolute Gasteiger partial charge is 0.242 e. The molecule has 1 atom stereocenters. The second kappa shape index (κ2) is 11.7. The van der Waals surface area contributed by atoms with Crippen LogP contribution in [0.5, 0.6) is 0 Å². The van der Waals surface area contributed by atoms with E-state index in [1.54, 1.807) is 0 Å². The minimum Gasteiger partial charge on any atom is -0.361 e. The van der Waals surface area contributed by atoms with E-state index in [0.29, 0.717) is 19.5 Å². The van der Waals surface area contributed by atoms with Crippen LogP contribution in [-0.4, -0.2) is 45.7 Å². The highest BCUT2D eigenvalue weighted by molar-refractivity contribution is 5.89. The van der Waals surface area contributed by atoms with Crippen molar-refractivity contribution in [3.8, 4) is 0 Å². The number of nitrogens with one attached hydrogen (secondary N) is 1. The molecule has 5 nitrogen and oxygen atoms in total. The molecule has 5 heteroatoms. The highest BCUT2D eigenvalue weighted by Crippen LogP contribution is 2.32. The highest BCUT2D eigenvalue weighted by atomic mass is 16.2. The second-order valence-corrected chi connectivity index (χ2v) is 10.5. The van der Waals surface area contributed by atoms with Gasteiger partial charge in [0.25, 0.3) is 0 Å². The number of amides is 2. The molecule has 1 fully saturated rings. The number of hydrogen-bond acceptors (Lipinski definition) is 2. The Morgan fingerprint density at radius 2 is 1.66 bits per heavy atom. The van der Waals surface area contributed by atoms with Crippen molar-refractivity contribution in [2.45, 2.75) is 58.0 Å². The van der Waals surface area contributed by atoms with Gasteiger partial charge in [-0.05, 0) is 55.4 Å². The third kappa shape index (κ3) is 5.99. The molecule has 3 aromatic carbocycles. The van der Waals surface area contributed by atoms with Gasteiger partial charge in [-0.2, -0.15) is 0 Å². The van der Waals surface area contributed by atoms with Crippen molar-refractivity contribution in [1.82, 2.24) is 14.8 Å². The minimum absolute atomic E-state index is 0.00795. The van der Waals surface area contributed by atoms with Gasteiger partial charge in [0.15, 0.2) is 0 Å². The monoisotopic (exact) mass is 507 g/mol. The molecule has 0 bridgehead atoms. The number of benzene rings is 3. The molecule has 0 spiro atoms. The van der Waals surface area contributed by atoms with Gasteiger partial charge in [-0.3, -0.25) is 9.59 Å². The molecule has 0 saturated heterocycles. The molecule has 4 aromatic rings. The van der Waals surface area contributed by atoms with Gasteiger partial charge < -0.3 is 14.8 Å². The molecule has 0 aliphatic heterocycles. The molecule has 196 valence electrons. The maximum absolute atomic E-state index is 13.9. The average Bonchev–Trinajstić information content (AvgIpc) is 3.71. The normalized spacial score (nSPS) is 13.8. The van der Waals surface area contributed by atoms with E-state index in [1.165, 1.54) is 16.5 Å². The minimum atomic E-state index is -0.221. The van der Waals surface area contributed by atoms with E-state index in [9.17, 15) is 9.59 Å². The van der Waals surface area contributed by atoms with Crippen LogP contribution in [0.4, 0.5) is 0 Å². The van der Waals surface area contributed by atoms with E-state index < -0.39 is 0 Å². The van der Waals surface area contributed by atoms with Gasteiger partial charge in [-0.1, -0.05) is 85.3 Å². The Morgan fingerprint density at radius 3 is 2.37 bits per heavy atom. The van der Waals surface area contributed by atoms with E-state index in [1.807, 2.05) is 65.4 Å². The zero-order valence-electron chi connectivity index (χ0n) is 22.4. The molecule has 1 aromatic heterocycles. The molecule has 1 saturated carbocycles. The lowest BCUT2D eigenvalue weighted by atomic mass is 9.95. The number of carbonyl (C=O) groups excluding carboxylic acids is 2. The predicted octanol–water partition coefficient (Wildman–Crippen LogP) is 6.23. The number of fused-ring (bicyclic) bond motifs is 1. The first-order valence-electron chi connectivity index (χ1n) is 13.8. The van der Waals surface area contributed by atoms with Gasteiger partial charge in [0.2, 0.25) is 11.8 Å². The van der Waals surface area contributed by atoms with Gasteiger partial charge in [0.05, 0.1) is 5.92 Å². The molecular formula is C33H37N3O2. The summed E-state index contributed by atoms with van der Waals surface area (Å²) < 4.78 is 0. The summed E-state index contributed by atoms with van der Waals surface area (Å²) in [4.78, 5) is 34.7. The number of aromatic nitrogens is 1. The fraction of sp³-hybridized carbons (Fsp3) is 0.333. The van der Waals surface area contributed by atoms with E-state index in [-0.39, 0.29) is 30.3 Å². The van der Waals surface area contributed by atoms with Crippen LogP contribution < -0.4 is 0 Å². The van der Waals surface area contributed by atoms with Crippen molar-refractivity contribution in [2.24, 2.45) is 0 Å². The van der Waals surface area contributed by atoms with Crippen molar-refractivity contribution in [2.75, 3.05) is 13.1 Å². The quantitative estimate of drug-likeness (QED) is 0.262. The Kier molecular flexibility index (Phi) is 7.92. The van der Waals surface area contributed by atoms with E-state index >= 15 is 0 Å². The first-order valence-corrected chi connectivity index (χ1v) is 13.8. The van der Waals surface area contributed by atoms with Crippen molar-refractivity contribution < 1.29 is 9.59 Å². The van der Waals surface area contributed by atoms with E-state index in [0.717, 1.165) is 35.9 Å². The molecule has 0 radical (unpaired) electrons. The summed E-state index contributed by atoms with van der Waals surface area (Å²) in [5.41, 5.74) is 5.63. The van der Waals surface area contributed by atoms with Crippen LogP contribution in [0.1, 0.15) is 54.4 Å². The molecule has 1 N–H and O–H groups in total. The number of aryl methyl sites for hydroxylation is 1. The summed E-state index contributed by atoms with van der Waals surface area (Å²) in [6, 6.07) is 26.8.